The van der Waals surface area contributed by atoms with Crippen molar-refractivity contribution in [3.63, 3.8) is 0 Å². The lowest BCUT2D eigenvalue weighted by Gasteiger charge is -2.34. The summed E-state index contributed by atoms with van der Waals surface area (Å²) >= 11 is 0. The van der Waals surface area contributed by atoms with Gasteiger partial charge < -0.3 is 4.48 Å². The molecule has 0 aliphatic heterocycles. The molecule has 0 radical (unpaired) electrons. The van der Waals surface area contributed by atoms with E-state index in [-0.39, 0.29) is 5.91 Å². The summed E-state index contributed by atoms with van der Waals surface area (Å²) in [5, 5.41) is 0. The van der Waals surface area contributed by atoms with Gasteiger partial charge in [0.2, 0.25) is 0 Å². The minimum absolute atomic E-state index is 0.0375. The predicted octanol–water partition coefficient (Wildman–Crippen LogP) is 4.14. The number of hydrogen-bond donors (Lipinski definition) is 2. The molecule has 0 spiro atoms. The molecule has 0 aromatic rings. The van der Waals surface area contributed by atoms with E-state index < -0.39 is 0 Å². The maximum absolute atomic E-state index is 11.7. The molecular weight excluding hydrogens is 286 g/mol. The van der Waals surface area contributed by atoms with Gasteiger partial charge in [-0.1, -0.05) is 65.2 Å². The van der Waals surface area contributed by atoms with Crippen molar-refractivity contribution < 1.29 is 9.28 Å². The lowest BCUT2D eigenvalue weighted by atomic mass is 10.1. The fourth-order valence-corrected chi connectivity index (χ4v) is 3.21. The molecule has 0 atom stereocenters. The zero-order chi connectivity index (χ0) is 17.4. The molecule has 138 valence electrons. The number of hydrazine groups is 1. The molecule has 4 heteroatoms. The summed E-state index contributed by atoms with van der Waals surface area (Å²) in [5.74, 6) is 5.25. The first-order chi connectivity index (χ1) is 11.1. The molecule has 23 heavy (non-hydrogen) atoms. The number of quaternary nitrogens is 1. The van der Waals surface area contributed by atoms with Crippen LogP contribution in [0.15, 0.2) is 0 Å². The summed E-state index contributed by atoms with van der Waals surface area (Å²) in [7, 11) is 2.22. The van der Waals surface area contributed by atoms with Crippen LogP contribution in [0, 0.1) is 0 Å². The Balaban J connectivity index is 4.06. The maximum Gasteiger partial charge on any atom is 0.289 e. The molecule has 0 rings (SSSR count). The number of rotatable bonds is 16. The first kappa shape index (κ1) is 22.4. The smallest absolute Gasteiger partial charge is 0.289 e. The third-order valence-corrected chi connectivity index (χ3v) is 4.79. The zero-order valence-electron chi connectivity index (χ0n) is 16.0. The van der Waals surface area contributed by atoms with Crippen LogP contribution in [-0.4, -0.2) is 37.1 Å². The Morgan fingerprint density at radius 3 is 1.57 bits per heavy atom. The quantitative estimate of drug-likeness (QED) is 0.147. The van der Waals surface area contributed by atoms with E-state index in [1.165, 1.54) is 77.0 Å². The Morgan fingerprint density at radius 1 is 0.783 bits per heavy atom. The molecule has 4 nitrogen and oxygen atoms in total. The second kappa shape index (κ2) is 14.9. The van der Waals surface area contributed by atoms with Crippen LogP contribution in [-0.2, 0) is 4.79 Å². The van der Waals surface area contributed by atoms with Crippen LogP contribution in [0.1, 0.15) is 90.9 Å². The van der Waals surface area contributed by atoms with Crippen molar-refractivity contribution >= 4 is 5.91 Å². The van der Waals surface area contributed by atoms with E-state index in [4.69, 9.17) is 5.84 Å². The first-order valence-electron chi connectivity index (χ1n) is 9.91. The van der Waals surface area contributed by atoms with Gasteiger partial charge in [-0.15, -0.1) is 0 Å². The fourth-order valence-electron chi connectivity index (χ4n) is 3.21. The van der Waals surface area contributed by atoms with Crippen LogP contribution < -0.4 is 11.3 Å². The SMILES string of the molecule is CCCCCCCC[N+](C)(CCCCCCCC)CC(=O)NN. The van der Waals surface area contributed by atoms with E-state index in [0.717, 1.165) is 17.6 Å². The standard InChI is InChI=1S/C19H41N3O/c1-4-6-8-10-12-14-16-22(3,18-19(23)21-20)17-15-13-11-9-7-5-2/h4-18,20H2,1-3H3/p+1. The molecule has 3 N–H and O–H groups in total. The molecule has 0 aliphatic rings. The highest BCUT2D eigenvalue weighted by Crippen LogP contribution is 2.13. The highest BCUT2D eigenvalue weighted by Gasteiger charge is 2.24. The molecular formula is C19H42N3O+. The lowest BCUT2D eigenvalue weighted by Crippen LogP contribution is -2.52. The topological polar surface area (TPSA) is 55.1 Å². The van der Waals surface area contributed by atoms with Crippen molar-refractivity contribution in [2.75, 3.05) is 26.7 Å². The second-order valence-corrected chi connectivity index (χ2v) is 7.33. The van der Waals surface area contributed by atoms with Gasteiger partial charge in [0.1, 0.15) is 0 Å². The van der Waals surface area contributed by atoms with E-state index in [0.29, 0.717) is 6.54 Å². The summed E-state index contributed by atoms with van der Waals surface area (Å²) in [6.07, 6.45) is 15.6. The number of amides is 1. The number of carbonyl (C=O) groups excluding carboxylic acids is 1. The molecule has 0 unspecified atom stereocenters. The third kappa shape index (κ3) is 13.5. The Hall–Kier alpha value is -0.610. The van der Waals surface area contributed by atoms with E-state index >= 15 is 0 Å². The molecule has 0 saturated heterocycles. The number of unbranched alkanes of at least 4 members (excludes halogenated alkanes) is 10. The molecule has 0 bridgehead atoms. The third-order valence-electron chi connectivity index (χ3n) is 4.79. The lowest BCUT2D eigenvalue weighted by molar-refractivity contribution is -0.902. The molecule has 0 aromatic heterocycles. The van der Waals surface area contributed by atoms with Gasteiger partial charge in [-0.3, -0.25) is 10.2 Å². The Kier molecular flexibility index (Phi) is 14.6. The van der Waals surface area contributed by atoms with Crippen molar-refractivity contribution in [1.82, 2.24) is 5.43 Å². The fraction of sp³-hybridized carbons (Fsp3) is 0.947. The largest absolute Gasteiger partial charge is 0.318 e. The number of nitrogens with two attached hydrogens (primary N) is 1. The molecule has 1 amide bonds. The number of nitrogens with one attached hydrogen (secondary N) is 1. The van der Waals surface area contributed by atoms with Crippen LogP contribution >= 0.6 is 0 Å². The molecule has 0 fully saturated rings. The predicted molar refractivity (Wildman–Crippen MR) is 99.9 cm³/mol. The molecule has 0 heterocycles. The van der Waals surface area contributed by atoms with Gasteiger partial charge >= 0.3 is 0 Å². The van der Waals surface area contributed by atoms with Crippen LogP contribution in [0.4, 0.5) is 0 Å². The van der Waals surface area contributed by atoms with E-state index in [2.05, 4.69) is 26.3 Å². The van der Waals surface area contributed by atoms with Crippen molar-refractivity contribution in [2.45, 2.75) is 90.9 Å². The second-order valence-electron chi connectivity index (χ2n) is 7.33. The first-order valence-corrected chi connectivity index (χ1v) is 9.91. The number of likely N-dealkylation sites (N-methyl/N-ethyl adjacent to an activating group) is 1. The van der Waals surface area contributed by atoms with Crippen molar-refractivity contribution in [2.24, 2.45) is 5.84 Å². The summed E-state index contributed by atoms with van der Waals surface area (Å²) in [4.78, 5) is 11.7. The van der Waals surface area contributed by atoms with Crippen LogP contribution in [0.2, 0.25) is 0 Å². The van der Waals surface area contributed by atoms with Gasteiger partial charge in [0.15, 0.2) is 6.54 Å². The summed E-state index contributed by atoms with van der Waals surface area (Å²) in [6, 6.07) is 0. The Labute approximate surface area is 144 Å². The van der Waals surface area contributed by atoms with Crippen molar-refractivity contribution in [3.8, 4) is 0 Å². The Morgan fingerprint density at radius 2 is 1.17 bits per heavy atom. The zero-order valence-corrected chi connectivity index (χ0v) is 16.0. The normalized spacial score (nSPS) is 11.7. The van der Waals surface area contributed by atoms with E-state index in [1.807, 2.05) is 0 Å². The number of nitrogens with zero attached hydrogens (tertiary/aromatic N) is 1. The van der Waals surface area contributed by atoms with Crippen LogP contribution in [0.3, 0.4) is 0 Å². The average molecular weight is 329 g/mol. The van der Waals surface area contributed by atoms with Crippen molar-refractivity contribution in [3.05, 3.63) is 0 Å². The van der Waals surface area contributed by atoms with Gasteiger partial charge in [0, 0.05) is 0 Å². The minimum Gasteiger partial charge on any atom is -0.318 e. The van der Waals surface area contributed by atoms with Crippen LogP contribution in [0.5, 0.6) is 0 Å². The molecule has 0 aromatic carbocycles. The molecule has 0 aliphatic carbocycles. The van der Waals surface area contributed by atoms with Gasteiger partial charge in [-0.25, -0.2) is 5.84 Å². The van der Waals surface area contributed by atoms with Crippen molar-refractivity contribution in [1.29, 1.82) is 0 Å². The summed E-state index contributed by atoms with van der Waals surface area (Å²) < 4.78 is 0.838. The number of hydrogen-bond acceptors (Lipinski definition) is 2. The Bertz CT molecular complexity index is 266. The highest BCUT2D eigenvalue weighted by atomic mass is 16.2. The van der Waals surface area contributed by atoms with Gasteiger partial charge in [0.25, 0.3) is 5.91 Å². The van der Waals surface area contributed by atoms with Gasteiger partial charge in [-0.05, 0) is 25.7 Å². The monoisotopic (exact) mass is 328 g/mol. The van der Waals surface area contributed by atoms with E-state index in [1.54, 1.807) is 0 Å². The maximum atomic E-state index is 11.7. The molecule has 0 saturated carbocycles. The number of carbonyl (C=O) groups is 1. The summed E-state index contributed by atoms with van der Waals surface area (Å²) in [6.45, 7) is 7.20. The highest BCUT2D eigenvalue weighted by molar-refractivity contribution is 5.76. The van der Waals surface area contributed by atoms with Crippen LogP contribution in [0.25, 0.3) is 0 Å². The minimum atomic E-state index is -0.0375. The average Bonchev–Trinajstić information content (AvgIpc) is 2.54. The van der Waals surface area contributed by atoms with Gasteiger partial charge in [-0.2, -0.15) is 0 Å². The van der Waals surface area contributed by atoms with Gasteiger partial charge in [0.05, 0.1) is 20.1 Å². The van der Waals surface area contributed by atoms with E-state index in [9.17, 15) is 4.79 Å². The summed E-state index contributed by atoms with van der Waals surface area (Å²) in [5.41, 5.74) is 2.30.